The Bertz CT molecular complexity index is 565. The number of nitrogens with one attached hydrogen (secondary N) is 1. The van der Waals surface area contributed by atoms with Crippen LogP contribution in [0, 0.1) is 13.8 Å². The summed E-state index contributed by atoms with van der Waals surface area (Å²) >= 11 is 0. The van der Waals surface area contributed by atoms with Gasteiger partial charge in [-0.25, -0.2) is 9.97 Å². The number of nitrogens with zero attached hydrogens (tertiary/aromatic N) is 4. The van der Waals surface area contributed by atoms with Crippen molar-refractivity contribution >= 4 is 5.95 Å². The van der Waals surface area contributed by atoms with Crippen molar-refractivity contribution in [3.63, 3.8) is 0 Å². The van der Waals surface area contributed by atoms with Crippen LogP contribution in [0.15, 0.2) is 18.3 Å². The van der Waals surface area contributed by atoms with Gasteiger partial charge in [0.15, 0.2) is 0 Å². The maximum absolute atomic E-state index is 4.41. The molecule has 5 nitrogen and oxygen atoms in total. The Hall–Kier alpha value is -1.91. The average Bonchev–Trinajstić information content (AvgIpc) is 3.13. The summed E-state index contributed by atoms with van der Waals surface area (Å²) in [5.74, 6) is 1.48. The van der Waals surface area contributed by atoms with Gasteiger partial charge in [0.05, 0.1) is 0 Å². The third-order valence-corrected chi connectivity index (χ3v) is 3.56. The second kappa shape index (κ2) is 5.61. The van der Waals surface area contributed by atoms with Crippen molar-refractivity contribution in [3.8, 4) is 0 Å². The van der Waals surface area contributed by atoms with Gasteiger partial charge in [-0.15, -0.1) is 0 Å². The zero-order chi connectivity index (χ0) is 13.9. The molecule has 1 aliphatic carbocycles. The Morgan fingerprint density at radius 1 is 1.25 bits per heavy atom. The third kappa shape index (κ3) is 3.15. The molecule has 0 radical (unpaired) electrons. The molecule has 20 heavy (non-hydrogen) atoms. The van der Waals surface area contributed by atoms with E-state index in [0.29, 0.717) is 0 Å². The zero-order valence-electron chi connectivity index (χ0n) is 12.1. The normalized spacial score (nSPS) is 14.5. The molecule has 0 saturated heterocycles. The Kier molecular flexibility index (Phi) is 3.67. The van der Waals surface area contributed by atoms with Gasteiger partial charge in [0, 0.05) is 42.3 Å². The van der Waals surface area contributed by atoms with Crippen LogP contribution >= 0.6 is 0 Å². The molecule has 3 rings (SSSR count). The molecular weight excluding hydrogens is 250 g/mol. The lowest BCUT2D eigenvalue weighted by Gasteiger charge is -2.08. The lowest BCUT2D eigenvalue weighted by molar-refractivity contribution is 0.565. The Balaban J connectivity index is 1.49. The van der Waals surface area contributed by atoms with Gasteiger partial charge < -0.3 is 5.32 Å². The molecule has 1 N–H and O–H groups in total. The van der Waals surface area contributed by atoms with Gasteiger partial charge in [-0.3, -0.25) is 4.68 Å². The first kappa shape index (κ1) is 13.1. The maximum atomic E-state index is 4.41. The zero-order valence-corrected chi connectivity index (χ0v) is 12.1. The van der Waals surface area contributed by atoms with E-state index in [9.17, 15) is 0 Å². The number of hydrogen-bond donors (Lipinski definition) is 1. The minimum absolute atomic E-state index is 0.727. The first-order chi connectivity index (χ1) is 9.72. The van der Waals surface area contributed by atoms with Gasteiger partial charge >= 0.3 is 0 Å². The fourth-order valence-electron chi connectivity index (χ4n) is 2.49. The van der Waals surface area contributed by atoms with Gasteiger partial charge in [0.2, 0.25) is 5.95 Å². The number of aryl methyl sites for hydroxylation is 3. The molecule has 0 atom stereocenters. The highest BCUT2D eigenvalue weighted by Crippen LogP contribution is 2.39. The van der Waals surface area contributed by atoms with Crippen molar-refractivity contribution in [3.05, 3.63) is 35.4 Å². The summed E-state index contributed by atoms with van der Waals surface area (Å²) in [7, 11) is 0. The van der Waals surface area contributed by atoms with Crippen molar-refractivity contribution in [1.82, 2.24) is 19.7 Å². The molecular formula is C15H21N5. The molecule has 106 valence electrons. The van der Waals surface area contributed by atoms with Gasteiger partial charge in [-0.05, 0) is 45.2 Å². The highest BCUT2D eigenvalue weighted by atomic mass is 15.3. The van der Waals surface area contributed by atoms with Crippen molar-refractivity contribution in [2.45, 2.75) is 45.6 Å². The predicted octanol–water partition coefficient (Wildman–Crippen LogP) is 2.67. The summed E-state index contributed by atoms with van der Waals surface area (Å²) in [6.07, 6.45) is 5.58. The molecule has 0 unspecified atom stereocenters. The topological polar surface area (TPSA) is 55.6 Å². The summed E-state index contributed by atoms with van der Waals surface area (Å²) < 4.78 is 2.14. The number of aromatic nitrogens is 4. The first-order valence-corrected chi connectivity index (χ1v) is 7.30. The third-order valence-electron chi connectivity index (χ3n) is 3.56. The molecule has 0 bridgehead atoms. The molecule has 2 aromatic rings. The van der Waals surface area contributed by atoms with Crippen LogP contribution in [0.3, 0.4) is 0 Å². The van der Waals surface area contributed by atoms with Crippen LogP contribution in [0.2, 0.25) is 0 Å². The monoisotopic (exact) mass is 271 g/mol. The Labute approximate surface area is 119 Å². The van der Waals surface area contributed by atoms with Gasteiger partial charge in [0.1, 0.15) is 0 Å². The molecule has 1 fully saturated rings. The van der Waals surface area contributed by atoms with Crippen LogP contribution in [0.1, 0.15) is 42.3 Å². The van der Waals surface area contributed by atoms with Crippen LogP contribution in [-0.2, 0) is 6.54 Å². The molecule has 1 saturated carbocycles. The van der Waals surface area contributed by atoms with Gasteiger partial charge in [-0.1, -0.05) is 0 Å². The molecule has 2 aromatic heterocycles. The summed E-state index contributed by atoms with van der Waals surface area (Å²) in [5, 5.41) is 7.70. The van der Waals surface area contributed by atoms with E-state index < -0.39 is 0 Å². The van der Waals surface area contributed by atoms with E-state index in [4.69, 9.17) is 0 Å². The molecule has 2 heterocycles. The molecule has 0 spiro atoms. The van der Waals surface area contributed by atoms with Crippen LogP contribution in [0.4, 0.5) is 5.95 Å². The van der Waals surface area contributed by atoms with Crippen LogP contribution < -0.4 is 5.32 Å². The quantitative estimate of drug-likeness (QED) is 0.821. The van der Waals surface area contributed by atoms with Crippen molar-refractivity contribution < 1.29 is 0 Å². The Morgan fingerprint density at radius 2 is 2.00 bits per heavy atom. The number of hydrogen-bond acceptors (Lipinski definition) is 4. The lowest BCUT2D eigenvalue weighted by Crippen LogP contribution is -2.11. The fraction of sp³-hybridized carbons (Fsp3) is 0.533. The number of anilines is 1. The highest BCUT2D eigenvalue weighted by molar-refractivity contribution is 5.27. The van der Waals surface area contributed by atoms with Crippen LogP contribution in [0.5, 0.6) is 0 Å². The first-order valence-electron chi connectivity index (χ1n) is 7.30. The second-order valence-corrected chi connectivity index (χ2v) is 5.51. The maximum Gasteiger partial charge on any atom is 0.223 e. The van der Waals surface area contributed by atoms with Gasteiger partial charge in [0.25, 0.3) is 0 Å². The fourth-order valence-corrected chi connectivity index (χ4v) is 2.49. The molecule has 0 aromatic carbocycles. The average molecular weight is 271 g/mol. The molecule has 5 heteroatoms. The van der Waals surface area contributed by atoms with E-state index in [1.54, 1.807) is 0 Å². The lowest BCUT2D eigenvalue weighted by atomic mass is 10.3. The molecule has 0 amide bonds. The van der Waals surface area contributed by atoms with E-state index in [2.05, 4.69) is 31.1 Å². The van der Waals surface area contributed by atoms with E-state index in [1.807, 2.05) is 26.1 Å². The van der Waals surface area contributed by atoms with Gasteiger partial charge in [-0.2, -0.15) is 5.10 Å². The van der Waals surface area contributed by atoms with E-state index in [1.165, 1.54) is 18.5 Å². The predicted molar refractivity (Wildman–Crippen MR) is 78.8 cm³/mol. The summed E-state index contributed by atoms with van der Waals surface area (Å²) in [6, 6.07) is 4.13. The minimum atomic E-state index is 0.727. The van der Waals surface area contributed by atoms with Crippen molar-refractivity contribution in [1.29, 1.82) is 0 Å². The SMILES string of the molecule is Cc1cc(C)nc(NCCCn2nccc2C2CC2)n1. The van der Waals surface area contributed by atoms with E-state index >= 15 is 0 Å². The van der Waals surface area contributed by atoms with E-state index in [0.717, 1.165) is 42.8 Å². The second-order valence-electron chi connectivity index (χ2n) is 5.51. The van der Waals surface area contributed by atoms with E-state index in [-0.39, 0.29) is 0 Å². The van der Waals surface area contributed by atoms with Crippen LogP contribution in [-0.4, -0.2) is 26.3 Å². The molecule has 0 aliphatic heterocycles. The summed E-state index contributed by atoms with van der Waals surface area (Å²) in [4.78, 5) is 8.76. The standard InChI is InChI=1S/C15H21N5/c1-11-10-12(2)19-15(18-11)16-7-3-9-20-14(6-8-17-20)13-4-5-13/h6,8,10,13H,3-5,7,9H2,1-2H3,(H,16,18,19). The summed E-state index contributed by atoms with van der Waals surface area (Å²) in [5.41, 5.74) is 3.40. The minimum Gasteiger partial charge on any atom is -0.354 e. The smallest absolute Gasteiger partial charge is 0.223 e. The largest absolute Gasteiger partial charge is 0.354 e. The van der Waals surface area contributed by atoms with Crippen molar-refractivity contribution in [2.75, 3.05) is 11.9 Å². The highest BCUT2D eigenvalue weighted by Gasteiger charge is 2.26. The number of rotatable bonds is 6. The summed E-state index contributed by atoms with van der Waals surface area (Å²) in [6.45, 7) is 5.81. The Morgan fingerprint density at radius 3 is 2.70 bits per heavy atom. The van der Waals surface area contributed by atoms with Crippen molar-refractivity contribution in [2.24, 2.45) is 0 Å². The molecule has 1 aliphatic rings. The van der Waals surface area contributed by atoms with Crippen LogP contribution in [0.25, 0.3) is 0 Å².